The number of benzene rings is 2. The molecule has 122 valence electrons. The van der Waals surface area contributed by atoms with Crippen LogP contribution in [0.25, 0.3) is 0 Å². The molecule has 0 fully saturated rings. The SMILES string of the molecule is CCC(C)c1ccccc1NC(=O)COc1cccc(C)c1C. The van der Waals surface area contributed by atoms with Crippen molar-refractivity contribution in [1.82, 2.24) is 0 Å². The minimum Gasteiger partial charge on any atom is -0.483 e. The minimum atomic E-state index is -0.137. The predicted molar refractivity (Wildman–Crippen MR) is 95.2 cm³/mol. The monoisotopic (exact) mass is 311 g/mol. The largest absolute Gasteiger partial charge is 0.483 e. The van der Waals surface area contributed by atoms with Crippen molar-refractivity contribution >= 4 is 11.6 Å². The average molecular weight is 311 g/mol. The first-order valence-corrected chi connectivity index (χ1v) is 8.10. The first kappa shape index (κ1) is 17.1. The number of anilines is 1. The Kier molecular flexibility index (Phi) is 5.80. The maximum Gasteiger partial charge on any atom is 0.262 e. The van der Waals surface area contributed by atoms with Crippen molar-refractivity contribution in [3.63, 3.8) is 0 Å². The lowest BCUT2D eigenvalue weighted by Crippen LogP contribution is -2.21. The number of nitrogens with one attached hydrogen (secondary N) is 1. The number of aryl methyl sites for hydroxylation is 1. The molecule has 0 aromatic heterocycles. The molecule has 0 saturated carbocycles. The Bertz CT molecular complexity index is 679. The molecule has 0 aliphatic rings. The fourth-order valence-corrected chi connectivity index (χ4v) is 2.47. The Morgan fingerprint density at radius 1 is 1.13 bits per heavy atom. The van der Waals surface area contributed by atoms with Gasteiger partial charge in [0.05, 0.1) is 0 Å². The zero-order valence-corrected chi connectivity index (χ0v) is 14.3. The standard InChI is InChI=1S/C20H25NO2/c1-5-14(2)17-10-6-7-11-18(17)21-20(22)13-23-19-12-8-9-15(3)16(19)4/h6-12,14H,5,13H2,1-4H3,(H,21,22). The summed E-state index contributed by atoms with van der Waals surface area (Å²) >= 11 is 0. The van der Waals surface area contributed by atoms with E-state index in [1.165, 1.54) is 0 Å². The lowest BCUT2D eigenvalue weighted by atomic mass is 9.97. The summed E-state index contributed by atoms with van der Waals surface area (Å²) in [6.07, 6.45) is 1.03. The van der Waals surface area contributed by atoms with E-state index in [4.69, 9.17) is 4.74 Å². The Balaban J connectivity index is 2.02. The van der Waals surface area contributed by atoms with Gasteiger partial charge in [-0.3, -0.25) is 4.79 Å². The number of hydrogen-bond acceptors (Lipinski definition) is 2. The lowest BCUT2D eigenvalue weighted by Gasteiger charge is -2.16. The normalized spacial score (nSPS) is 11.8. The van der Waals surface area contributed by atoms with E-state index in [9.17, 15) is 4.79 Å². The zero-order chi connectivity index (χ0) is 16.8. The van der Waals surface area contributed by atoms with Crippen LogP contribution in [0, 0.1) is 13.8 Å². The van der Waals surface area contributed by atoms with E-state index in [1.54, 1.807) is 0 Å². The summed E-state index contributed by atoms with van der Waals surface area (Å²) in [6, 6.07) is 13.8. The van der Waals surface area contributed by atoms with Crippen LogP contribution in [0.3, 0.4) is 0 Å². The first-order chi connectivity index (χ1) is 11.0. The van der Waals surface area contributed by atoms with Gasteiger partial charge in [-0.25, -0.2) is 0 Å². The third kappa shape index (κ3) is 4.35. The van der Waals surface area contributed by atoms with Crippen LogP contribution in [-0.2, 0) is 4.79 Å². The fourth-order valence-electron chi connectivity index (χ4n) is 2.47. The van der Waals surface area contributed by atoms with Crippen molar-refractivity contribution < 1.29 is 9.53 Å². The maximum atomic E-state index is 12.2. The van der Waals surface area contributed by atoms with Gasteiger partial charge >= 0.3 is 0 Å². The molecule has 0 aliphatic carbocycles. The van der Waals surface area contributed by atoms with E-state index >= 15 is 0 Å². The molecule has 0 heterocycles. The molecule has 3 nitrogen and oxygen atoms in total. The third-order valence-electron chi connectivity index (χ3n) is 4.29. The third-order valence-corrected chi connectivity index (χ3v) is 4.29. The second-order valence-corrected chi connectivity index (χ2v) is 5.93. The smallest absolute Gasteiger partial charge is 0.262 e. The van der Waals surface area contributed by atoms with Gasteiger partial charge < -0.3 is 10.1 Å². The van der Waals surface area contributed by atoms with Crippen LogP contribution in [0.4, 0.5) is 5.69 Å². The van der Waals surface area contributed by atoms with Crippen LogP contribution in [0.2, 0.25) is 0 Å². The molecule has 0 bridgehead atoms. The van der Waals surface area contributed by atoms with Gasteiger partial charge in [-0.1, -0.05) is 44.2 Å². The predicted octanol–water partition coefficient (Wildman–Crippen LogP) is 4.83. The lowest BCUT2D eigenvalue weighted by molar-refractivity contribution is -0.118. The quantitative estimate of drug-likeness (QED) is 0.829. The molecule has 2 aromatic rings. The highest BCUT2D eigenvalue weighted by atomic mass is 16.5. The van der Waals surface area contributed by atoms with Gasteiger partial charge in [0.15, 0.2) is 6.61 Å². The van der Waals surface area contributed by atoms with E-state index in [0.717, 1.165) is 34.5 Å². The van der Waals surface area contributed by atoms with Gasteiger partial charge in [0.2, 0.25) is 0 Å². The number of carbonyl (C=O) groups excluding carboxylic acids is 1. The molecule has 1 N–H and O–H groups in total. The topological polar surface area (TPSA) is 38.3 Å². The first-order valence-electron chi connectivity index (χ1n) is 8.10. The summed E-state index contributed by atoms with van der Waals surface area (Å²) in [7, 11) is 0. The highest BCUT2D eigenvalue weighted by molar-refractivity contribution is 5.92. The maximum absolute atomic E-state index is 12.2. The summed E-state index contributed by atoms with van der Waals surface area (Å²) in [4.78, 5) is 12.2. The number of para-hydroxylation sites is 1. The number of rotatable bonds is 6. The van der Waals surface area contributed by atoms with Crippen LogP contribution >= 0.6 is 0 Å². The second kappa shape index (κ2) is 7.82. The van der Waals surface area contributed by atoms with Crippen molar-refractivity contribution in [2.24, 2.45) is 0 Å². The molecule has 0 saturated heterocycles. The fraction of sp³-hybridized carbons (Fsp3) is 0.350. The van der Waals surface area contributed by atoms with Gasteiger partial charge in [0.1, 0.15) is 5.75 Å². The number of amides is 1. The van der Waals surface area contributed by atoms with Gasteiger partial charge in [-0.05, 0) is 55.0 Å². The highest BCUT2D eigenvalue weighted by Crippen LogP contribution is 2.26. The summed E-state index contributed by atoms with van der Waals surface area (Å²) < 4.78 is 5.67. The molecule has 0 radical (unpaired) electrons. The van der Waals surface area contributed by atoms with E-state index in [-0.39, 0.29) is 12.5 Å². The van der Waals surface area contributed by atoms with Crippen LogP contribution in [0.5, 0.6) is 5.75 Å². The van der Waals surface area contributed by atoms with E-state index in [1.807, 2.05) is 50.2 Å². The summed E-state index contributed by atoms with van der Waals surface area (Å²) in [5.41, 5.74) is 4.26. The van der Waals surface area contributed by atoms with Crippen LogP contribution in [0.15, 0.2) is 42.5 Å². The van der Waals surface area contributed by atoms with E-state index in [0.29, 0.717) is 5.92 Å². The molecule has 1 unspecified atom stereocenters. The van der Waals surface area contributed by atoms with Gasteiger partial charge in [0.25, 0.3) is 5.91 Å². The molecule has 23 heavy (non-hydrogen) atoms. The summed E-state index contributed by atoms with van der Waals surface area (Å²) in [5, 5.41) is 2.97. The van der Waals surface area contributed by atoms with Crippen LogP contribution in [-0.4, -0.2) is 12.5 Å². The van der Waals surface area contributed by atoms with Gasteiger partial charge in [-0.15, -0.1) is 0 Å². The molecule has 1 atom stereocenters. The van der Waals surface area contributed by atoms with Crippen molar-refractivity contribution in [2.75, 3.05) is 11.9 Å². The Hall–Kier alpha value is -2.29. The minimum absolute atomic E-state index is 0.0130. The molecule has 1 amide bonds. The van der Waals surface area contributed by atoms with Crippen LogP contribution < -0.4 is 10.1 Å². The van der Waals surface area contributed by atoms with Crippen LogP contribution in [0.1, 0.15) is 42.9 Å². The number of hydrogen-bond donors (Lipinski definition) is 1. The van der Waals surface area contributed by atoms with E-state index in [2.05, 4.69) is 25.2 Å². The van der Waals surface area contributed by atoms with Crippen molar-refractivity contribution in [3.05, 3.63) is 59.2 Å². The Labute approximate surface area is 138 Å². The highest BCUT2D eigenvalue weighted by Gasteiger charge is 2.12. The van der Waals surface area contributed by atoms with E-state index < -0.39 is 0 Å². The molecular weight excluding hydrogens is 286 g/mol. The average Bonchev–Trinajstić information content (AvgIpc) is 2.56. The molecule has 2 rings (SSSR count). The summed E-state index contributed by atoms with van der Waals surface area (Å²) in [6.45, 7) is 8.36. The summed E-state index contributed by atoms with van der Waals surface area (Å²) in [5.74, 6) is 1.03. The molecule has 2 aromatic carbocycles. The molecular formula is C20H25NO2. The van der Waals surface area contributed by atoms with Crippen molar-refractivity contribution in [2.45, 2.75) is 40.0 Å². The number of ether oxygens (including phenoxy) is 1. The molecule has 0 aliphatic heterocycles. The number of carbonyl (C=O) groups is 1. The zero-order valence-electron chi connectivity index (χ0n) is 14.3. The Morgan fingerprint density at radius 2 is 1.87 bits per heavy atom. The molecule has 3 heteroatoms. The van der Waals surface area contributed by atoms with Gasteiger partial charge in [0, 0.05) is 5.69 Å². The van der Waals surface area contributed by atoms with Crippen molar-refractivity contribution in [3.8, 4) is 5.75 Å². The van der Waals surface area contributed by atoms with Gasteiger partial charge in [-0.2, -0.15) is 0 Å². The van der Waals surface area contributed by atoms with Crippen molar-refractivity contribution in [1.29, 1.82) is 0 Å². The molecule has 0 spiro atoms. The second-order valence-electron chi connectivity index (χ2n) is 5.93. The Morgan fingerprint density at radius 3 is 2.61 bits per heavy atom.